The summed E-state index contributed by atoms with van der Waals surface area (Å²) < 4.78 is 55.4. The maximum atomic E-state index is 13.7. The third-order valence-corrected chi connectivity index (χ3v) is 2.52. The van der Waals surface area contributed by atoms with Gasteiger partial charge in [-0.25, -0.2) is 8.78 Å². The molecule has 0 saturated carbocycles. The molecule has 1 rings (SSSR count). The SMILES string of the molecule is CNCC(CC=O)c1c(F)cc(OC(F)F)cc1F. The van der Waals surface area contributed by atoms with Gasteiger partial charge in [0.15, 0.2) is 0 Å². The number of ether oxygens (including phenoxy) is 1. The van der Waals surface area contributed by atoms with Gasteiger partial charge < -0.3 is 14.8 Å². The number of hydrogen-bond donors (Lipinski definition) is 1. The lowest BCUT2D eigenvalue weighted by atomic mass is 9.95. The third-order valence-electron chi connectivity index (χ3n) is 2.52. The van der Waals surface area contributed by atoms with E-state index >= 15 is 0 Å². The Hall–Kier alpha value is -1.63. The van der Waals surface area contributed by atoms with Crippen molar-refractivity contribution < 1.29 is 27.1 Å². The van der Waals surface area contributed by atoms with Crippen molar-refractivity contribution in [3.8, 4) is 5.75 Å². The van der Waals surface area contributed by atoms with Gasteiger partial charge in [0, 0.05) is 36.6 Å². The van der Waals surface area contributed by atoms with Crippen molar-refractivity contribution in [2.24, 2.45) is 0 Å². The highest BCUT2D eigenvalue weighted by molar-refractivity contribution is 5.52. The first kappa shape index (κ1) is 15.4. The zero-order chi connectivity index (χ0) is 14.4. The molecule has 0 aromatic heterocycles. The fraction of sp³-hybridized carbons (Fsp3) is 0.417. The van der Waals surface area contributed by atoms with Gasteiger partial charge in [-0.2, -0.15) is 8.78 Å². The lowest BCUT2D eigenvalue weighted by Gasteiger charge is -2.17. The fourth-order valence-electron chi connectivity index (χ4n) is 1.79. The predicted octanol–water partition coefficient (Wildman–Crippen LogP) is 2.46. The maximum absolute atomic E-state index is 13.7. The van der Waals surface area contributed by atoms with E-state index in [0.29, 0.717) is 18.4 Å². The molecule has 0 saturated heterocycles. The number of alkyl halides is 2. The summed E-state index contributed by atoms with van der Waals surface area (Å²) in [6, 6.07) is 1.36. The molecule has 0 aliphatic carbocycles. The highest BCUT2D eigenvalue weighted by Gasteiger charge is 2.21. The van der Waals surface area contributed by atoms with Gasteiger partial charge in [-0.05, 0) is 7.05 Å². The summed E-state index contributed by atoms with van der Waals surface area (Å²) in [6.07, 6.45) is 0.466. The van der Waals surface area contributed by atoms with Gasteiger partial charge in [0.25, 0.3) is 0 Å². The molecule has 0 amide bonds. The minimum absolute atomic E-state index is 0.0796. The van der Waals surface area contributed by atoms with Gasteiger partial charge in [-0.15, -0.1) is 0 Å². The zero-order valence-corrected chi connectivity index (χ0v) is 10.1. The van der Waals surface area contributed by atoms with Crippen molar-refractivity contribution in [1.82, 2.24) is 5.32 Å². The average molecular weight is 279 g/mol. The molecule has 0 bridgehead atoms. The number of likely N-dealkylation sites (N-methyl/N-ethyl adjacent to an activating group) is 1. The third kappa shape index (κ3) is 4.20. The minimum atomic E-state index is -3.16. The second-order valence-corrected chi connectivity index (χ2v) is 3.84. The van der Waals surface area contributed by atoms with E-state index in [1.165, 1.54) is 0 Å². The lowest BCUT2D eigenvalue weighted by Crippen LogP contribution is -2.20. The first-order valence-electron chi connectivity index (χ1n) is 5.51. The Morgan fingerprint density at radius 3 is 2.32 bits per heavy atom. The second-order valence-electron chi connectivity index (χ2n) is 3.84. The van der Waals surface area contributed by atoms with E-state index in [-0.39, 0.29) is 18.5 Å². The van der Waals surface area contributed by atoms with E-state index in [2.05, 4.69) is 10.1 Å². The number of benzene rings is 1. The molecule has 1 unspecified atom stereocenters. The molecule has 3 nitrogen and oxygen atoms in total. The van der Waals surface area contributed by atoms with Crippen molar-refractivity contribution in [3.05, 3.63) is 29.3 Å². The largest absolute Gasteiger partial charge is 0.435 e. The predicted molar refractivity (Wildman–Crippen MR) is 60.3 cm³/mol. The summed E-state index contributed by atoms with van der Waals surface area (Å²) in [5.74, 6) is -3.33. The lowest BCUT2D eigenvalue weighted by molar-refractivity contribution is -0.108. The number of halogens is 4. The van der Waals surface area contributed by atoms with Crippen LogP contribution in [0.15, 0.2) is 12.1 Å². The first-order chi connectivity index (χ1) is 8.99. The molecule has 19 heavy (non-hydrogen) atoms. The Kier molecular flexibility index (Phi) is 5.75. The van der Waals surface area contributed by atoms with E-state index in [1.807, 2.05) is 0 Å². The highest BCUT2D eigenvalue weighted by atomic mass is 19.3. The van der Waals surface area contributed by atoms with Crippen LogP contribution >= 0.6 is 0 Å². The Morgan fingerprint density at radius 2 is 1.89 bits per heavy atom. The summed E-state index contributed by atoms with van der Waals surface area (Å²) >= 11 is 0. The normalized spacial score (nSPS) is 12.5. The quantitative estimate of drug-likeness (QED) is 0.615. The fourth-order valence-corrected chi connectivity index (χ4v) is 1.79. The first-order valence-corrected chi connectivity index (χ1v) is 5.51. The number of hydrogen-bond acceptors (Lipinski definition) is 3. The number of aldehydes is 1. The smallest absolute Gasteiger partial charge is 0.387 e. The molecule has 0 fully saturated rings. The Morgan fingerprint density at radius 1 is 1.32 bits per heavy atom. The van der Waals surface area contributed by atoms with Crippen LogP contribution in [0.5, 0.6) is 5.75 Å². The van der Waals surface area contributed by atoms with Crippen LogP contribution in [-0.4, -0.2) is 26.5 Å². The van der Waals surface area contributed by atoms with Gasteiger partial charge in [0.05, 0.1) is 0 Å². The van der Waals surface area contributed by atoms with Crippen molar-refractivity contribution in [3.63, 3.8) is 0 Å². The van der Waals surface area contributed by atoms with Crippen LogP contribution in [-0.2, 0) is 4.79 Å². The molecule has 1 N–H and O–H groups in total. The Bertz CT molecular complexity index is 417. The topological polar surface area (TPSA) is 38.3 Å². The second kappa shape index (κ2) is 7.08. The maximum Gasteiger partial charge on any atom is 0.387 e. The van der Waals surface area contributed by atoms with E-state index in [9.17, 15) is 22.4 Å². The molecular formula is C12H13F4NO2. The van der Waals surface area contributed by atoms with E-state index in [1.54, 1.807) is 7.05 Å². The number of carbonyl (C=O) groups is 1. The molecule has 106 valence electrons. The standard InChI is InChI=1S/C12H13F4NO2/c1-17-6-7(2-3-18)11-9(13)4-8(5-10(11)14)19-12(15)16/h3-5,7,12,17H,2,6H2,1H3. The number of carbonyl (C=O) groups excluding carboxylic acids is 1. The van der Waals surface area contributed by atoms with Crippen LogP contribution in [0.1, 0.15) is 17.9 Å². The Labute approximate surface area is 107 Å². The van der Waals surface area contributed by atoms with Gasteiger partial charge >= 0.3 is 6.61 Å². The van der Waals surface area contributed by atoms with Crippen LogP contribution < -0.4 is 10.1 Å². The molecule has 1 aromatic carbocycles. The summed E-state index contributed by atoms with van der Waals surface area (Å²) in [5.41, 5.74) is -0.317. The molecule has 7 heteroatoms. The summed E-state index contributed by atoms with van der Waals surface area (Å²) in [5, 5.41) is 2.71. The molecule has 0 heterocycles. The van der Waals surface area contributed by atoms with Gasteiger partial charge in [-0.1, -0.05) is 0 Å². The van der Waals surface area contributed by atoms with E-state index in [4.69, 9.17) is 0 Å². The Balaban J connectivity index is 3.09. The molecule has 0 aliphatic rings. The monoisotopic (exact) mass is 279 g/mol. The van der Waals surface area contributed by atoms with E-state index < -0.39 is 29.9 Å². The van der Waals surface area contributed by atoms with Crippen molar-refractivity contribution in [2.75, 3.05) is 13.6 Å². The molecule has 0 radical (unpaired) electrons. The summed E-state index contributed by atoms with van der Waals surface area (Å²) in [4.78, 5) is 10.5. The molecule has 1 aromatic rings. The van der Waals surface area contributed by atoms with E-state index in [0.717, 1.165) is 0 Å². The van der Waals surface area contributed by atoms with Crippen LogP contribution in [0.25, 0.3) is 0 Å². The van der Waals surface area contributed by atoms with Crippen LogP contribution in [0, 0.1) is 11.6 Å². The molecule has 1 atom stereocenters. The summed E-state index contributed by atoms with van der Waals surface area (Å²) in [7, 11) is 1.57. The highest BCUT2D eigenvalue weighted by Crippen LogP contribution is 2.29. The molecule has 0 aliphatic heterocycles. The molecule has 0 spiro atoms. The minimum Gasteiger partial charge on any atom is -0.435 e. The van der Waals surface area contributed by atoms with Crippen molar-refractivity contribution >= 4 is 6.29 Å². The van der Waals surface area contributed by atoms with Gasteiger partial charge in [0.2, 0.25) is 0 Å². The molecular weight excluding hydrogens is 266 g/mol. The average Bonchev–Trinajstić information content (AvgIpc) is 2.27. The van der Waals surface area contributed by atoms with Crippen LogP contribution in [0.4, 0.5) is 17.6 Å². The van der Waals surface area contributed by atoms with Crippen LogP contribution in [0.2, 0.25) is 0 Å². The van der Waals surface area contributed by atoms with Gasteiger partial charge in [0.1, 0.15) is 23.7 Å². The van der Waals surface area contributed by atoms with Gasteiger partial charge in [-0.3, -0.25) is 0 Å². The summed E-state index contributed by atoms with van der Waals surface area (Å²) in [6.45, 7) is -2.98. The van der Waals surface area contributed by atoms with Crippen molar-refractivity contribution in [2.45, 2.75) is 19.0 Å². The zero-order valence-electron chi connectivity index (χ0n) is 10.1. The van der Waals surface area contributed by atoms with Crippen molar-refractivity contribution in [1.29, 1.82) is 0 Å². The van der Waals surface area contributed by atoms with Crippen LogP contribution in [0.3, 0.4) is 0 Å². The number of rotatable bonds is 7. The number of nitrogens with one attached hydrogen (secondary N) is 1.